The van der Waals surface area contributed by atoms with Gasteiger partial charge in [-0.1, -0.05) is 0 Å². The summed E-state index contributed by atoms with van der Waals surface area (Å²) in [5, 5.41) is 31.2. The highest BCUT2D eigenvalue weighted by atomic mass is 17.0. The molecule has 0 radical (unpaired) electrons. The molecule has 0 saturated heterocycles. The summed E-state index contributed by atoms with van der Waals surface area (Å²) in [4.78, 5) is 105. The Hall–Kier alpha value is -7.08. The average Bonchev–Trinajstić information content (AvgIpc) is 3.31. The maximum atomic E-state index is 13.4. The molecule has 0 heterocycles. The Morgan fingerprint density at radius 1 is 0.581 bits per heavy atom. The Morgan fingerprint density at radius 3 is 1.26 bits per heavy atom. The summed E-state index contributed by atoms with van der Waals surface area (Å²) in [6, 6.07) is 3.40. The minimum atomic E-state index is -0.967. The van der Waals surface area contributed by atoms with Crippen LogP contribution >= 0.6 is 0 Å². The van der Waals surface area contributed by atoms with Crippen molar-refractivity contribution in [3.63, 3.8) is 0 Å². The van der Waals surface area contributed by atoms with Crippen molar-refractivity contribution in [2.45, 2.75) is 145 Å². The molecule has 0 saturated carbocycles. The Labute approximate surface area is 431 Å². The Kier molecular flexibility index (Phi) is 26.3. The van der Waals surface area contributed by atoms with E-state index in [0.29, 0.717) is 82.1 Å². The molecule has 0 spiro atoms. The number of rotatable bonds is 34. The molecular formula is C50H74N6O18. The topological polar surface area (TPSA) is 311 Å². The minimum Gasteiger partial charge on any atom is -0.489 e. The van der Waals surface area contributed by atoms with Crippen LogP contribution in [-0.4, -0.2) is 122 Å². The van der Waals surface area contributed by atoms with E-state index in [2.05, 4.69) is 30.9 Å². The second-order valence-corrected chi connectivity index (χ2v) is 18.9. The number of amides is 2. The van der Waals surface area contributed by atoms with E-state index in [-0.39, 0.29) is 77.3 Å². The molecule has 2 rings (SSSR count). The number of hydrogen-bond acceptors (Lipinski definition) is 20. The zero-order valence-corrected chi connectivity index (χ0v) is 44.6. The molecule has 2 aromatic carbocycles. The zero-order chi connectivity index (χ0) is 55.8. The maximum Gasteiger partial charge on any atom is 0.331 e. The summed E-state index contributed by atoms with van der Waals surface area (Å²) in [7, 11) is 0. The number of carbonyl (C=O) groups excluding carboxylic acids is 6. The summed E-state index contributed by atoms with van der Waals surface area (Å²) in [6.07, 6.45) is 1.52. The lowest BCUT2D eigenvalue weighted by atomic mass is 10.0. The molecule has 74 heavy (non-hydrogen) atoms. The van der Waals surface area contributed by atoms with Gasteiger partial charge in [0.2, 0.25) is 11.8 Å². The van der Waals surface area contributed by atoms with Crippen LogP contribution in [0.1, 0.15) is 113 Å². The van der Waals surface area contributed by atoms with Crippen molar-refractivity contribution in [1.29, 1.82) is 0 Å². The van der Waals surface area contributed by atoms with E-state index in [4.69, 9.17) is 28.4 Å². The number of benzene rings is 2. The molecule has 24 nitrogen and oxygen atoms in total. The lowest BCUT2D eigenvalue weighted by Gasteiger charge is -2.29. The van der Waals surface area contributed by atoms with Crippen molar-refractivity contribution in [1.82, 2.24) is 21.3 Å². The van der Waals surface area contributed by atoms with Crippen molar-refractivity contribution in [2.24, 2.45) is 0 Å². The van der Waals surface area contributed by atoms with Gasteiger partial charge in [-0.25, -0.2) is 9.59 Å². The van der Waals surface area contributed by atoms with Crippen molar-refractivity contribution in [3.05, 3.63) is 77.9 Å². The lowest BCUT2D eigenvalue weighted by Crippen LogP contribution is -2.52. The third-order valence-corrected chi connectivity index (χ3v) is 11.3. The van der Waals surface area contributed by atoms with Crippen LogP contribution in [-0.2, 0) is 47.9 Å². The number of unbranched alkanes of at least 4 members (excludes halogenated alkanes) is 2. The van der Waals surface area contributed by atoms with Gasteiger partial charge in [0.1, 0.15) is 48.4 Å². The fourth-order valence-electron chi connectivity index (χ4n) is 6.90. The third-order valence-electron chi connectivity index (χ3n) is 11.3. The predicted octanol–water partition coefficient (Wildman–Crippen LogP) is 4.95. The van der Waals surface area contributed by atoms with E-state index in [1.165, 1.54) is 13.8 Å². The fraction of sp³-hybridized carbons (Fsp3) is 0.600. The van der Waals surface area contributed by atoms with Gasteiger partial charge in [-0.05, 0) is 140 Å². The van der Waals surface area contributed by atoms with Gasteiger partial charge < -0.3 is 59.4 Å². The quantitative estimate of drug-likeness (QED) is 0.0180. The average molecular weight is 1050 g/mol. The van der Waals surface area contributed by atoms with Gasteiger partial charge in [0.25, 0.3) is 10.2 Å². The normalized spacial score (nSPS) is 12.2. The first-order valence-electron chi connectivity index (χ1n) is 24.1. The Morgan fingerprint density at radius 2 is 0.932 bits per heavy atom. The van der Waals surface area contributed by atoms with Crippen LogP contribution < -0.4 is 40.2 Å². The van der Waals surface area contributed by atoms with Gasteiger partial charge in [-0.3, -0.25) is 19.2 Å². The highest BCUT2D eigenvalue weighted by molar-refractivity contribution is 5.91. The third kappa shape index (κ3) is 24.6. The summed E-state index contributed by atoms with van der Waals surface area (Å²) in [6.45, 7) is 20.3. The van der Waals surface area contributed by atoms with E-state index >= 15 is 0 Å². The summed E-state index contributed by atoms with van der Waals surface area (Å²) < 4.78 is 34.8. The molecule has 0 aliphatic carbocycles. The number of nitrogens with one attached hydrogen (secondary N) is 4. The monoisotopic (exact) mass is 1050 g/mol. The molecule has 0 aliphatic rings. The first kappa shape index (κ1) is 63.0. The van der Waals surface area contributed by atoms with E-state index in [0.717, 1.165) is 12.2 Å². The fourth-order valence-corrected chi connectivity index (χ4v) is 6.90. The van der Waals surface area contributed by atoms with Crippen molar-refractivity contribution < 1.29 is 77.0 Å². The largest absolute Gasteiger partial charge is 0.489 e. The summed E-state index contributed by atoms with van der Waals surface area (Å²) in [5.74, 6) is -1.66. The number of esters is 4. The van der Waals surface area contributed by atoms with Gasteiger partial charge in [-0.15, -0.1) is 20.2 Å². The maximum absolute atomic E-state index is 13.4. The highest BCUT2D eigenvalue weighted by Gasteiger charge is 2.26. The van der Waals surface area contributed by atoms with Gasteiger partial charge in [0, 0.05) is 76.1 Å². The molecule has 412 valence electrons. The van der Waals surface area contributed by atoms with Crippen LogP contribution in [0.15, 0.2) is 24.3 Å². The number of aryl methyl sites for hydroxylation is 2. The molecule has 0 bridgehead atoms. The van der Waals surface area contributed by atoms with Crippen molar-refractivity contribution >= 4 is 35.7 Å². The van der Waals surface area contributed by atoms with Crippen molar-refractivity contribution in [2.75, 3.05) is 52.6 Å². The lowest BCUT2D eigenvalue weighted by molar-refractivity contribution is -0.757. The standard InChI is InChI=1S/C50H74N6O18/c1-31-23-41(33(3)35(5)47(31)71-37(7)57)67-27-39(25-53-49(9,10)29-51-43(59)17-13-15-21-69-55(63)64)73-45(61)19-20-46(62)74-40(28-68-42-24-32(2)48(72-38(8)58)36(6)34(42)4)26-54-50(11,12)30-52-44(60)18-14-16-22-70-56(65)66/h19-20,23-24,39-40,53-54H,13-18,21-22,25-30H2,1-12H3,(H,51,59)(H,52,60)/b20-19+. The molecule has 0 fully saturated rings. The molecule has 4 N–H and O–H groups in total. The number of ether oxygens (including phenoxy) is 6. The zero-order valence-electron chi connectivity index (χ0n) is 44.6. The second kappa shape index (κ2) is 30.8. The van der Waals surface area contributed by atoms with Crippen LogP contribution in [0.3, 0.4) is 0 Å². The highest BCUT2D eigenvalue weighted by Crippen LogP contribution is 2.35. The van der Waals surface area contributed by atoms with Crippen LogP contribution in [0.5, 0.6) is 23.0 Å². The molecule has 2 atom stereocenters. The summed E-state index contributed by atoms with van der Waals surface area (Å²) in [5.41, 5.74) is 2.47. The first-order chi connectivity index (χ1) is 34.6. The molecule has 2 aromatic rings. The molecule has 2 amide bonds. The second-order valence-electron chi connectivity index (χ2n) is 18.9. The number of nitrogens with zero attached hydrogens (tertiary/aromatic N) is 2. The van der Waals surface area contributed by atoms with E-state index in [9.17, 15) is 49.0 Å². The number of hydrogen-bond donors (Lipinski definition) is 4. The minimum absolute atomic E-state index is 0.0219. The Bertz CT molecular complexity index is 2160. The molecule has 0 aliphatic heterocycles. The molecular weight excluding hydrogens is 973 g/mol. The Balaban J connectivity index is 2.28. The van der Waals surface area contributed by atoms with Crippen molar-refractivity contribution in [3.8, 4) is 23.0 Å². The summed E-state index contributed by atoms with van der Waals surface area (Å²) >= 11 is 0. The number of carbonyl (C=O) groups is 6. The van der Waals surface area contributed by atoms with Gasteiger partial charge in [-0.2, -0.15) is 0 Å². The van der Waals surface area contributed by atoms with Crippen LogP contribution in [0, 0.1) is 61.8 Å². The van der Waals surface area contributed by atoms with E-state index in [1.807, 2.05) is 27.7 Å². The smallest absolute Gasteiger partial charge is 0.331 e. The van der Waals surface area contributed by atoms with E-state index < -0.39 is 57.3 Å². The first-order valence-corrected chi connectivity index (χ1v) is 24.1. The van der Waals surface area contributed by atoms with Gasteiger partial charge in [0.05, 0.1) is 13.2 Å². The van der Waals surface area contributed by atoms with E-state index in [1.54, 1.807) is 53.7 Å². The van der Waals surface area contributed by atoms with Gasteiger partial charge >= 0.3 is 23.9 Å². The predicted molar refractivity (Wildman–Crippen MR) is 268 cm³/mol. The van der Waals surface area contributed by atoms with Crippen LogP contribution in [0.2, 0.25) is 0 Å². The van der Waals surface area contributed by atoms with Crippen LogP contribution in [0.25, 0.3) is 0 Å². The molecule has 2 unspecified atom stereocenters. The molecule has 24 heteroatoms. The molecule has 0 aromatic heterocycles. The van der Waals surface area contributed by atoms with Crippen LogP contribution in [0.4, 0.5) is 0 Å². The van der Waals surface area contributed by atoms with Gasteiger partial charge in [0.15, 0.2) is 0 Å². The SMILES string of the molecule is CC(=O)Oc1c(C)cc(OCC(CNC(C)(C)CNC(=O)CCCCO[N+](=O)[O-])OC(=O)/C=C/C(=O)OC(CNC(C)(C)CNC(=O)CCCCO[N+](=O)[O-])COc2cc(C)c(OC(C)=O)c(C)c2C)c(C)c1C.